The maximum Gasteiger partial charge on any atom is 0.387 e. The summed E-state index contributed by atoms with van der Waals surface area (Å²) in [4.78, 5) is 12.3. The molecule has 0 saturated heterocycles. The van der Waals surface area contributed by atoms with Gasteiger partial charge in [-0.15, -0.1) is 0 Å². The molecule has 3 N–H and O–H groups in total. The first-order valence-corrected chi connectivity index (χ1v) is 6.37. The fourth-order valence-corrected chi connectivity index (χ4v) is 1.97. The zero-order chi connectivity index (χ0) is 15.3. The normalized spacial score (nSPS) is 12.3. The van der Waals surface area contributed by atoms with Crippen LogP contribution in [0.2, 0.25) is 0 Å². The van der Waals surface area contributed by atoms with E-state index in [1.807, 2.05) is 13.8 Å². The fraction of sp³-hybridized carbons (Fsp3) is 0.385. The Morgan fingerprint density at radius 3 is 2.45 bits per heavy atom. The van der Waals surface area contributed by atoms with Crippen molar-refractivity contribution in [3.8, 4) is 5.75 Å². The number of rotatable bonds is 6. The van der Waals surface area contributed by atoms with Crippen LogP contribution >= 0.6 is 12.2 Å². The van der Waals surface area contributed by atoms with E-state index < -0.39 is 18.6 Å². The summed E-state index contributed by atoms with van der Waals surface area (Å²) in [5.74, 6) is -0.766. The summed E-state index contributed by atoms with van der Waals surface area (Å²) < 4.78 is 28.9. The number of ether oxygens (including phenoxy) is 1. The number of hydrogen-bond acceptors (Lipinski definition) is 3. The quantitative estimate of drug-likeness (QED) is 0.792. The van der Waals surface area contributed by atoms with Crippen LogP contribution in [0.25, 0.3) is 0 Å². The first kappa shape index (κ1) is 16.3. The predicted octanol–water partition coefficient (Wildman–Crippen LogP) is 2.33. The minimum absolute atomic E-state index is 0.00898. The molecule has 1 amide bonds. The average Bonchev–Trinajstić information content (AvgIpc) is 2.34. The maximum atomic E-state index is 12.3. The van der Waals surface area contributed by atoms with E-state index in [2.05, 4.69) is 10.1 Å². The van der Waals surface area contributed by atoms with Crippen molar-refractivity contribution in [2.75, 3.05) is 0 Å². The molecule has 0 aliphatic rings. The van der Waals surface area contributed by atoms with Crippen LogP contribution in [-0.2, 0) is 0 Å². The van der Waals surface area contributed by atoms with Gasteiger partial charge in [-0.3, -0.25) is 4.79 Å². The van der Waals surface area contributed by atoms with Crippen molar-refractivity contribution < 1.29 is 18.3 Å². The number of carbonyl (C=O) groups is 1. The summed E-state index contributed by atoms with van der Waals surface area (Å²) in [6.07, 6.45) is 0. The van der Waals surface area contributed by atoms with Gasteiger partial charge in [0.05, 0.1) is 16.6 Å². The molecule has 1 atom stereocenters. The SMILES string of the molecule is CC(C)C(NC(=O)c1ccccc1OC(F)F)C(N)=S. The van der Waals surface area contributed by atoms with E-state index in [4.69, 9.17) is 18.0 Å². The van der Waals surface area contributed by atoms with Crippen LogP contribution in [0.1, 0.15) is 24.2 Å². The number of hydrogen-bond donors (Lipinski definition) is 2. The maximum absolute atomic E-state index is 12.3. The summed E-state index contributed by atoms with van der Waals surface area (Å²) in [6.45, 7) is 0.678. The molecule has 0 saturated carbocycles. The molecule has 0 bridgehead atoms. The minimum Gasteiger partial charge on any atom is -0.434 e. The summed E-state index contributed by atoms with van der Waals surface area (Å²) in [7, 11) is 0. The van der Waals surface area contributed by atoms with E-state index in [1.54, 1.807) is 6.07 Å². The van der Waals surface area contributed by atoms with E-state index in [0.717, 1.165) is 0 Å². The fourth-order valence-electron chi connectivity index (χ4n) is 1.64. The van der Waals surface area contributed by atoms with Crippen molar-refractivity contribution in [3.63, 3.8) is 0 Å². The van der Waals surface area contributed by atoms with Crippen molar-refractivity contribution >= 4 is 23.1 Å². The largest absolute Gasteiger partial charge is 0.434 e. The number of alkyl halides is 2. The summed E-state index contributed by atoms with van der Waals surface area (Å²) in [5, 5.41) is 2.62. The highest BCUT2D eigenvalue weighted by Crippen LogP contribution is 2.20. The van der Waals surface area contributed by atoms with Gasteiger partial charge in [-0.25, -0.2) is 0 Å². The molecule has 0 aliphatic heterocycles. The predicted molar refractivity (Wildman–Crippen MR) is 76.0 cm³/mol. The molecule has 7 heteroatoms. The summed E-state index contributed by atoms with van der Waals surface area (Å²) in [6, 6.07) is 5.23. The van der Waals surface area contributed by atoms with E-state index in [1.165, 1.54) is 18.2 Å². The van der Waals surface area contributed by atoms with E-state index in [9.17, 15) is 13.6 Å². The molecule has 110 valence electrons. The molecule has 0 radical (unpaired) electrons. The first-order valence-electron chi connectivity index (χ1n) is 5.97. The highest BCUT2D eigenvalue weighted by Gasteiger charge is 2.22. The Labute approximate surface area is 121 Å². The molecule has 0 aromatic heterocycles. The second-order valence-corrected chi connectivity index (χ2v) is 4.94. The van der Waals surface area contributed by atoms with Crippen molar-refractivity contribution in [1.29, 1.82) is 0 Å². The lowest BCUT2D eigenvalue weighted by atomic mass is 10.0. The Balaban J connectivity index is 2.94. The standard InChI is InChI=1S/C13H16F2N2O2S/c1-7(2)10(11(16)20)17-12(18)8-5-3-4-6-9(8)19-13(14)15/h3-7,10,13H,1-2H3,(H2,16,20)(H,17,18). The first-order chi connectivity index (χ1) is 9.32. The third-order valence-electron chi connectivity index (χ3n) is 2.61. The van der Waals surface area contributed by atoms with Gasteiger partial charge in [0.15, 0.2) is 0 Å². The number of nitrogens with one attached hydrogen (secondary N) is 1. The van der Waals surface area contributed by atoms with Crippen LogP contribution in [-0.4, -0.2) is 23.5 Å². The smallest absolute Gasteiger partial charge is 0.387 e. The summed E-state index contributed by atoms with van der Waals surface area (Å²) in [5.41, 5.74) is 5.56. The van der Waals surface area contributed by atoms with Crippen LogP contribution in [0.15, 0.2) is 24.3 Å². The van der Waals surface area contributed by atoms with Gasteiger partial charge in [-0.2, -0.15) is 8.78 Å². The molecule has 1 aromatic rings. The van der Waals surface area contributed by atoms with Gasteiger partial charge in [0.1, 0.15) is 5.75 Å². The Kier molecular flexibility index (Phi) is 5.82. The second kappa shape index (κ2) is 7.14. The van der Waals surface area contributed by atoms with Gasteiger partial charge < -0.3 is 15.8 Å². The number of para-hydroxylation sites is 1. The lowest BCUT2D eigenvalue weighted by molar-refractivity contribution is -0.0501. The van der Waals surface area contributed by atoms with Crippen molar-refractivity contribution in [2.45, 2.75) is 26.5 Å². The van der Waals surface area contributed by atoms with Crippen LogP contribution in [0, 0.1) is 5.92 Å². The number of benzene rings is 1. The Morgan fingerprint density at radius 2 is 1.95 bits per heavy atom. The van der Waals surface area contributed by atoms with Crippen molar-refractivity contribution in [1.82, 2.24) is 5.32 Å². The number of thiocarbonyl (C=S) groups is 1. The van der Waals surface area contributed by atoms with Crippen LogP contribution in [0.5, 0.6) is 5.75 Å². The van der Waals surface area contributed by atoms with Gasteiger partial charge in [-0.05, 0) is 18.1 Å². The number of nitrogens with two attached hydrogens (primary N) is 1. The van der Waals surface area contributed by atoms with E-state index >= 15 is 0 Å². The molecule has 1 unspecified atom stereocenters. The molecular weight excluding hydrogens is 286 g/mol. The van der Waals surface area contributed by atoms with Crippen LogP contribution < -0.4 is 15.8 Å². The third-order valence-corrected chi connectivity index (χ3v) is 2.86. The molecular formula is C13H16F2N2O2S. The minimum atomic E-state index is -3.00. The van der Waals surface area contributed by atoms with Gasteiger partial charge >= 0.3 is 6.61 Å². The molecule has 20 heavy (non-hydrogen) atoms. The molecule has 0 heterocycles. The Hall–Kier alpha value is -1.76. The molecule has 4 nitrogen and oxygen atoms in total. The van der Waals surface area contributed by atoms with Gasteiger partial charge in [0, 0.05) is 0 Å². The highest BCUT2D eigenvalue weighted by molar-refractivity contribution is 7.80. The van der Waals surface area contributed by atoms with Crippen molar-refractivity contribution in [2.24, 2.45) is 11.7 Å². The van der Waals surface area contributed by atoms with Gasteiger partial charge in [0.2, 0.25) is 0 Å². The molecule has 0 spiro atoms. The molecule has 1 aromatic carbocycles. The lowest BCUT2D eigenvalue weighted by Crippen LogP contribution is -2.46. The highest BCUT2D eigenvalue weighted by atomic mass is 32.1. The Bertz CT molecular complexity index is 495. The third kappa shape index (κ3) is 4.41. The molecule has 1 rings (SSSR count). The van der Waals surface area contributed by atoms with Crippen LogP contribution in [0.3, 0.4) is 0 Å². The van der Waals surface area contributed by atoms with Gasteiger partial charge in [0.25, 0.3) is 5.91 Å². The van der Waals surface area contributed by atoms with E-state index in [0.29, 0.717) is 0 Å². The molecule has 0 aliphatic carbocycles. The van der Waals surface area contributed by atoms with Crippen LogP contribution in [0.4, 0.5) is 8.78 Å². The average molecular weight is 302 g/mol. The number of amides is 1. The zero-order valence-corrected chi connectivity index (χ0v) is 11.9. The molecule has 0 fully saturated rings. The van der Waals surface area contributed by atoms with E-state index in [-0.39, 0.29) is 22.2 Å². The van der Waals surface area contributed by atoms with Crippen molar-refractivity contribution in [3.05, 3.63) is 29.8 Å². The monoisotopic (exact) mass is 302 g/mol. The van der Waals surface area contributed by atoms with Gasteiger partial charge in [-0.1, -0.05) is 38.2 Å². The number of halogens is 2. The summed E-state index contributed by atoms with van der Waals surface area (Å²) >= 11 is 4.88. The lowest BCUT2D eigenvalue weighted by Gasteiger charge is -2.21. The Morgan fingerprint density at radius 1 is 1.35 bits per heavy atom. The topological polar surface area (TPSA) is 64.3 Å². The second-order valence-electron chi connectivity index (χ2n) is 4.47. The number of carbonyl (C=O) groups excluding carboxylic acids is 1. The zero-order valence-electron chi connectivity index (χ0n) is 11.1.